The van der Waals surface area contributed by atoms with Crippen LogP contribution in [0.2, 0.25) is 5.02 Å². The van der Waals surface area contributed by atoms with Gasteiger partial charge in [-0.2, -0.15) is 0 Å². The Balaban J connectivity index is 1.74. The lowest BCUT2D eigenvalue weighted by Crippen LogP contribution is -2.50. The van der Waals surface area contributed by atoms with Crippen LogP contribution < -0.4 is 5.32 Å². The van der Waals surface area contributed by atoms with Crippen LogP contribution in [0.3, 0.4) is 0 Å². The highest BCUT2D eigenvalue weighted by molar-refractivity contribution is 6.30. The molecule has 2 amide bonds. The summed E-state index contributed by atoms with van der Waals surface area (Å²) in [6.45, 7) is 1.99. The Morgan fingerprint density at radius 3 is 2.27 bits per heavy atom. The molecule has 1 aliphatic rings. The van der Waals surface area contributed by atoms with E-state index in [1.165, 1.54) is 18.6 Å². The first-order chi connectivity index (χ1) is 14.4. The van der Waals surface area contributed by atoms with Crippen LogP contribution in [0.25, 0.3) is 0 Å². The van der Waals surface area contributed by atoms with Crippen LogP contribution in [0.5, 0.6) is 0 Å². The molecule has 6 heteroatoms. The molecule has 0 spiro atoms. The minimum atomic E-state index is -0.628. The van der Waals surface area contributed by atoms with Crippen LogP contribution in [0.4, 0.5) is 4.39 Å². The number of hydrogen-bond donors (Lipinski definition) is 1. The highest BCUT2D eigenvalue weighted by atomic mass is 35.5. The monoisotopic (exact) mass is 430 g/mol. The molecule has 160 valence electrons. The molecule has 1 atom stereocenters. The SMILES string of the molecule is CC(C(=O)NC1CCCCC1)N(Cc1ccc(F)cc1)C(=O)Cc1ccc(Cl)cc1. The van der Waals surface area contributed by atoms with Gasteiger partial charge < -0.3 is 10.2 Å². The van der Waals surface area contributed by atoms with Crippen LogP contribution in [0.15, 0.2) is 48.5 Å². The van der Waals surface area contributed by atoms with Gasteiger partial charge in [-0.05, 0) is 55.2 Å². The maximum Gasteiger partial charge on any atom is 0.242 e. The van der Waals surface area contributed by atoms with Crippen LogP contribution >= 0.6 is 11.6 Å². The third-order valence-corrected chi connectivity index (χ3v) is 5.91. The van der Waals surface area contributed by atoms with Crippen molar-refractivity contribution in [1.29, 1.82) is 0 Å². The van der Waals surface area contributed by atoms with Gasteiger partial charge in [-0.1, -0.05) is 55.1 Å². The number of amides is 2. The fourth-order valence-electron chi connectivity index (χ4n) is 3.82. The van der Waals surface area contributed by atoms with Gasteiger partial charge in [0.1, 0.15) is 11.9 Å². The summed E-state index contributed by atoms with van der Waals surface area (Å²) in [5.74, 6) is -0.637. The molecule has 30 heavy (non-hydrogen) atoms. The standard InChI is InChI=1S/C24H28ClFN2O2/c1-17(24(30)27-22-5-3-2-4-6-22)28(16-19-9-13-21(26)14-10-19)23(29)15-18-7-11-20(25)12-8-18/h7-14,17,22H,2-6,15-16H2,1H3,(H,27,30). The Bertz CT molecular complexity index is 849. The van der Waals surface area contributed by atoms with Crippen molar-refractivity contribution in [3.63, 3.8) is 0 Å². The predicted octanol–water partition coefficient (Wildman–Crippen LogP) is 4.89. The van der Waals surface area contributed by atoms with Crippen molar-refractivity contribution in [2.45, 2.75) is 64.1 Å². The third-order valence-electron chi connectivity index (χ3n) is 5.65. The van der Waals surface area contributed by atoms with Gasteiger partial charge in [0.15, 0.2) is 0 Å². The van der Waals surface area contributed by atoms with Crippen molar-refractivity contribution in [2.24, 2.45) is 0 Å². The summed E-state index contributed by atoms with van der Waals surface area (Å²) in [6, 6.07) is 12.7. The van der Waals surface area contributed by atoms with Gasteiger partial charge in [0.25, 0.3) is 0 Å². The van der Waals surface area contributed by atoms with Crippen molar-refractivity contribution < 1.29 is 14.0 Å². The lowest BCUT2D eigenvalue weighted by atomic mass is 9.95. The van der Waals surface area contributed by atoms with Gasteiger partial charge in [0.05, 0.1) is 6.42 Å². The van der Waals surface area contributed by atoms with E-state index in [2.05, 4.69) is 5.32 Å². The highest BCUT2D eigenvalue weighted by Gasteiger charge is 2.28. The summed E-state index contributed by atoms with van der Waals surface area (Å²) in [6.07, 6.45) is 5.57. The zero-order valence-corrected chi connectivity index (χ0v) is 18.0. The number of nitrogens with zero attached hydrogens (tertiary/aromatic N) is 1. The summed E-state index contributed by atoms with van der Waals surface area (Å²) in [5, 5.41) is 3.72. The fourth-order valence-corrected chi connectivity index (χ4v) is 3.94. The van der Waals surface area contributed by atoms with Crippen molar-refractivity contribution in [2.75, 3.05) is 0 Å². The smallest absolute Gasteiger partial charge is 0.242 e. The van der Waals surface area contributed by atoms with E-state index in [-0.39, 0.29) is 36.6 Å². The Hall–Kier alpha value is -2.40. The molecule has 1 aliphatic carbocycles. The maximum atomic E-state index is 13.3. The Kier molecular flexibility index (Phi) is 7.86. The average molecular weight is 431 g/mol. The fraction of sp³-hybridized carbons (Fsp3) is 0.417. The Morgan fingerprint density at radius 1 is 1.03 bits per heavy atom. The van der Waals surface area contributed by atoms with E-state index in [1.54, 1.807) is 36.1 Å². The van der Waals surface area contributed by atoms with Gasteiger partial charge in [0, 0.05) is 17.6 Å². The van der Waals surface area contributed by atoms with E-state index in [0.29, 0.717) is 5.02 Å². The summed E-state index contributed by atoms with van der Waals surface area (Å²) >= 11 is 5.94. The van der Waals surface area contributed by atoms with Crippen LogP contribution in [-0.4, -0.2) is 28.8 Å². The lowest BCUT2D eigenvalue weighted by molar-refractivity contribution is -0.140. The summed E-state index contributed by atoms with van der Waals surface area (Å²) in [5.41, 5.74) is 1.60. The predicted molar refractivity (Wildman–Crippen MR) is 117 cm³/mol. The zero-order chi connectivity index (χ0) is 21.5. The number of carbonyl (C=O) groups excluding carboxylic acids is 2. The molecule has 0 radical (unpaired) electrons. The molecule has 4 nitrogen and oxygen atoms in total. The van der Waals surface area contributed by atoms with Gasteiger partial charge >= 0.3 is 0 Å². The average Bonchev–Trinajstić information content (AvgIpc) is 2.75. The Labute approximate surface area is 182 Å². The molecule has 0 bridgehead atoms. The van der Waals surface area contributed by atoms with Gasteiger partial charge in [0.2, 0.25) is 11.8 Å². The van der Waals surface area contributed by atoms with Crippen molar-refractivity contribution in [1.82, 2.24) is 10.2 Å². The molecular formula is C24H28ClFN2O2. The minimum absolute atomic E-state index is 0.145. The van der Waals surface area contributed by atoms with Gasteiger partial charge in [-0.15, -0.1) is 0 Å². The summed E-state index contributed by atoms with van der Waals surface area (Å²) < 4.78 is 13.3. The quantitative estimate of drug-likeness (QED) is 0.680. The van der Waals surface area contributed by atoms with E-state index in [0.717, 1.165) is 36.8 Å². The summed E-state index contributed by atoms with van der Waals surface area (Å²) in [7, 11) is 0. The number of benzene rings is 2. The number of halogens is 2. The normalized spacial score (nSPS) is 15.4. The molecule has 2 aromatic rings. The van der Waals surface area contributed by atoms with Crippen molar-refractivity contribution >= 4 is 23.4 Å². The molecule has 1 N–H and O–H groups in total. The molecule has 0 aliphatic heterocycles. The van der Waals surface area contributed by atoms with Crippen LogP contribution in [-0.2, 0) is 22.6 Å². The second-order valence-corrected chi connectivity index (χ2v) is 8.41. The van der Waals surface area contributed by atoms with Gasteiger partial charge in [-0.3, -0.25) is 9.59 Å². The summed E-state index contributed by atoms with van der Waals surface area (Å²) in [4.78, 5) is 27.6. The zero-order valence-electron chi connectivity index (χ0n) is 17.2. The minimum Gasteiger partial charge on any atom is -0.352 e. The second-order valence-electron chi connectivity index (χ2n) is 7.97. The first kappa shape index (κ1) is 22.3. The first-order valence-corrected chi connectivity index (χ1v) is 10.9. The number of hydrogen-bond acceptors (Lipinski definition) is 2. The molecular weight excluding hydrogens is 403 g/mol. The molecule has 2 aromatic carbocycles. The van der Waals surface area contributed by atoms with Crippen molar-refractivity contribution in [3.8, 4) is 0 Å². The van der Waals surface area contributed by atoms with E-state index in [4.69, 9.17) is 11.6 Å². The molecule has 3 rings (SSSR count). The number of nitrogens with one attached hydrogen (secondary N) is 1. The number of rotatable bonds is 7. The third kappa shape index (κ3) is 6.30. The van der Waals surface area contributed by atoms with E-state index < -0.39 is 6.04 Å². The van der Waals surface area contributed by atoms with E-state index in [1.807, 2.05) is 12.1 Å². The largest absolute Gasteiger partial charge is 0.352 e. The topological polar surface area (TPSA) is 49.4 Å². The van der Waals surface area contributed by atoms with Gasteiger partial charge in [-0.25, -0.2) is 4.39 Å². The van der Waals surface area contributed by atoms with Crippen molar-refractivity contribution in [3.05, 3.63) is 70.5 Å². The maximum absolute atomic E-state index is 13.3. The molecule has 1 unspecified atom stereocenters. The number of carbonyl (C=O) groups is 2. The highest BCUT2D eigenvalue weighted by Crippen LogP contribution is 2.19. The molecule has 0 aromatic heterocycles. The lowest BCUT2D eigenvalue weighted by Gasteiger charge is -2.31. The van der Waals surface area contributed by atoms with E-state index >= 15 is 0 Å². The van der Waals surface area contributed by atoms with Crippen LogP contribution in [0, 0.1) is 5.82 Å². The Morgan fingerprint density at radius 2 is 1.63 bits per heavy atom. The molecule has 1 saturated carbocycles. The molecule has 0 heterocycles. The molecule has 1 fully saturated rings. The van der Waals surface area contributed by atoms with Crippen LogP contribution in [0.1, 0.15) is 50.2 Å². The first-order valence-electron chi connectivity index (χ1n) is 10.5. The van der Waals surface area contributed by atoms with E-state index in [9.17, 15) is 14.0 Å². The molecule has 0 saturated heterocycles. The second kappa shape index (κ2) is 10.6.